The lowest BCUT2D eigenvalue weighted by Gasteiger charge is -2.13. The number of ether oxygens (including phenoxy) is 1. The molecule has 0 spiro atoms. The molecule has 1 saturated carbocycles. The lowest BCUT2D eigenvalue weighted by molar-refractivity contribution is -0.140. The van der Waals surface area contributed by atoms with Gasteiger partial charge in [-0.1, -0.05) is 24.3 Å². The van der Waals surface area contributed by atoms with Crippen LogP contribution in [-0.2, 0) is 19.3 Å². The Labute approximate surface area is 280 Å². The third-order valence-electron chi connectivity index (χ3n) is 6.86. The van der Waals surface area contributed by atoms with Gasteiger partial charge in [0.15, 0.2) is 5.69 Å². The van der Waals surface area contributed by atoms with Crippen molar-refractivity contribution < 1.29 is 17.9 Å². The van der Waals surface area contributed by atoms with Gasteiger partial charge in [-0.3, -0.25) is 14.8 Å². The van der Waals surface area contributed by atoms with Crippen LogP contribution in [0, 0.1) is 0 Å². The lowest BCUT2D eigenvalue weighted by atomic mass is 10.1. The minimum atomic E-state index is -4.52. The van der Waals surface area contributed by atoms with Gasteiger partial charge in [0.25, 0.3) is 5.56 Å². The van der Waals surface area contributed by atoms with Crippen LogP contribution in [0.25, 0.3) is 11.4 Å². The van der Waals surface area contributed by atoms with Crippen LogP contribution < -0.4 is 15.6 Å². The number of imidazole rings is 1. The molecule has 0 bridgehead atoms. The average Bonchev–Trinajstić information content (AvgIpc) is 3.81. The van der Waals surface area contributed by atoms with Gasteiger partial charge in [-0.05, 0) is 50.8 Å². The molecule has 0 radical (unpaired) electrons. The molecule has 1 fully saturated rings. The van der Waals surface area contributed by atoms with Crippen molar-refractivity contribution in [2.45, 2.75) is 57.9 Å². The van der Waals surface area contributed by atoms with Crippen LogP contribution in [0.15, 0.2) is 68.7 Å². The summed E-state index contributed by atoms with van der Waals surface area (Å²) in [5.74, 6) is 1.31. The zero-order chi connectivity index (χ0) is 34.7. The van der Waals surface area contributed by atoms with Gasteiger partial charge in [0.2, 0.25) is 5.88 Å². The Balaban J connectivity index is 0.00000167. The number of H-pyrrole nitrogens is 1. The van der Waals surface area contributed by atoms with Crippen molar-refractivity contribution >= 4 is 30.3 Å². The molecule has 254 valence electrons. The van der Waals surface area contributed by atoms with E-state index in [1.165, 1.54) is 36.7 Å². The van der Waals surface area contributed by atoms with Gasteiger partial charge in [0.1, 0.15) is 29.9 Å². The van der Waals surface area contributed by atoms with E-state index in [9.17, 15) is 18.0 Å². The predicted molar refractivity (Wildman–Crippen MR) is 182 cm³/mol. The highest BCUT2D eigenvalue weighted by Crippen LogP contribution is 2.42. The molecule has 3 aromatic heterocycles. The minimum Gasteiger partial charge on any atom is -0.480 e. The van der Waals surface area contributed by atoms with Crippen LogP contribution in [0.3, 0.4) is 0 Å². The molecule has 0 amide bonds. The third kappa shape index (κ3) is 9.82. The fourth-order valence-electron chi connectivity index (χ4n) is 4.47. The van der Waals surface area contributed by atoms with Crippen LogP contribution in [0.2, 0.25) is 0 Å². The Bertz CT molecular complexity index is 1780. The highest BCUT2D eigenvalue weighted by Gasteiger charge is 2.35. The molecule has 2 N–H and O–H groups in total. The monoisotopic (exact) mass is 682 g/mol. The third-order valence-corrected chi connectivity index (χ3v) is 6.86. The number of nitrogens with one attached hydrogen (secondary N) is 2. The van der Waals surface area contributed by atoms with Crippen molar-refractivity contribution in [1.29, 1.82) is 0 Å². The molecule has 0 aliphatic heterocycles. The number of nitrogens with zero attached hydrogens (tertiary/aromatic N) is 8. The summed E-state index contributed by atoms with van der Waals surface area (Å²) in [6.45, 7) is 4.07. The van der Waals surface area contributed by atoms with Crippen molar-refractivity contribution in [3.8, 4) is 17.3 Å². The topological polar surface area (TPSA) is 148 Å². The first-order valence-electron chi connectivity index (χ1n) is 15.0. The van der Waals surface area contributed by atoms with Gasteiger partial charge in [-0.2, -0.15) is 30.0 Å². The van der Waals surface area contributed by atoms with Gasteiger partial charge in [0.05, 0.1) is 37.9 Å². The molecule has 1 aromatic carbocycles. The van der Waals surface area contributed by atoms with E-state index in [1.54, 1.807) is 55.9 Å². The minimum absolute atomic E-state index is 0.161. The zero-order valence-corrected chi connectivity index (χ0v) is 28.0. The first-order chi connectivity index (χ1) is 23.0. The highest BCUT2D eigenvalue weighted by molar-refractivity contribution is 7.97. The van der Waals surface area contributed by atoms with Crippen LogP contribution in [-0.4, -0.2) is 67.9 Å². The first-order valence-corrected chi connectivity index (χ1v) is 16.6. The quantitative estimate of drug-likeness (QED) is 0.152. The molecule has 1 aliphatic rings. The Morgan fingerprint density at radius 1 is 1.15 bits per heavy atom. The number of benzene rings is 1. The second kappa shape index (κ2) is 16.8. The standard InChI is InChI=1S/C30H31F3N10O2.C2H6S/c1-18(2)43-14-23(30(31,32)33)40-28(43)21-6-4-19(5-7-21)12-34-15-35-16-38-27(36-13-22-10-11-24(44)42-41-22)25-26(20-8-9-20)37-17-39-29(25)45-3;1-3-2/h4-7,10-11,14-18,20H,8-9,12-13H2,1-3H3,(H,42,44)(H,34,35,36,38);1-2H3. The number of halogens is 3. The number of aromatic amines is 1. The summed E-state index contributed by atoms with van der Waals surface area (Å²) in [6, 6.07) is 9.80. The molecular weight excluding hydrogens is 645 g/mol. The fraction of sp³-hybridized carbons (Fsp3) is 0.375. The fourth-order valence-corrected chi connectivity index (χ4v) is 4.47. The average molecular weight is 683 g/mol. The van der Waals surface area contributed by atoms with E-state index < -0.39 is 11.9 Å². The van der Waals surface area contributed by atoms with E-state index in [0.29, 0.717) is 35.1 Å². The van der Waals surface area contributed by atoms with E-state index >= 15 is 0 Å². The van der Waals surface area contributed by atoms with Crippen molar-refractivity contribution in [1.82, 2.24) is 35.0 Å². The van der Waals surface area contributed by atoms with Crippen LogP contribution >= 0.6 is 11.8 Å². The van der Waals surface area contributed by atoms with E-state index in [4.69, 9.17) is 4.74 Å². The summed E-state index contributed by atoms with van der Waals surface area (Å²) in [5, 5.41) is 9.49. The summed E-state index contributed by atoms with van der Waals surface area (Å²) in [4.78, 5) is 37.1. The molecule has 0 unspecified atom stereocenters. The Hall–Kier alpha value is -4.86. The molecule has 3 heterocycles. The van der Waals surface area contributed by atoms with Crippen molar-refractivity contribution in [3.05, 3.63) is 87.5 Å². The molecule has 0 saturated heterocycles. The number of methoxy groups -OCH3 is 1. The van der Waals surface area contributed by atoms with Gasteiger partial charge < -0.3 is 14.6 Å². The van der Waals surface area contributed by atoms with Crippen molar-refractivity contribution in [2.75, 3.05) is 19.6 Å². The summed E-state index contributed by atoms with van der Waals surface area (Å²) < 4.78 is 46.8. The maximum atomic E-state index is 13.3. The number of alkyl halides is 3. The van der Waals surface area contributed by atoms with Gasteiger partial charge in [0, 0.05) is 29.8 Å². The number of hydrogen-bond donors (Lipinski definition) is 2. The molecule has 0 atom stereocenters. The van der Waals surface area contributed by atoms with Gasteiger partial charge in [-0.15, -0.1) is 0 Å². The summed E-state index contributed by atoms with van der Waals surface area (Å²) >= 11 is 1.75. The van der Waals surface area contributed by atoms with E-state index in [-0.39, 0.29) is 29.9 Å². The maximum absolute atomic E-state index is 13.3. The molecule has 48 heavy (non-hydrogen) atoms. The SMILES string of the molecule is COc1ncnc(C2CC2)c1C(=NCc1ccc(=O)[nH]n1)NC=NC=NCc1ccc(-c2nc(C(F)(F)F)cn2C(C)C)cc1.CSC. The van der Waals surface area contributed by atoms with Crippen LogP contribution in [0.5, 0.6) is 5.88 Å². The number of hydrogen-bond acceptors (Lipinski definition) is 9. The molecule has 4 aromatic rings. The van der Waals surface area contributed by atoms with Crippen LogP contribution in [0.4, 0.5) is 13.2 Å². The second-order valence-corrected chi connectivity index (χ2v) is 11.7. The van der Waals surface area contributed by atoms with Crippen molar-refractivity contribution in [3.63, 3.8) is 0 Å². The Morgan fingerprint density at radius 3 is 2.48 bits per heavy atom. The van der Waals surface area contributed by atoms with Crippen molar-refractivity contribution in [2.24, 2.45) is 15.0 Å². The molecule has 12 nitrogen and oxygen atoms in total. The smallest absolute Gasteiger partial charge is 0.434 e. The number of amidine groups is 1. The molecule has 1 aliphatic carbocycles. The number of aliphatic imine (C=N–C) groups is 3. The normalized spacial score (nSPS) is 13.6. The van der Waals surface area contributed by atoms with Gasteiger partial charge >= 0.3 is 6.18 Å². The molecule has 16 heteroatoms. The largest absolute Gasteiger partial charge is 0.480 e. The number of rotatable bonds is 11. The van der Waals surface area contributed by atoms with E-state index in [2.05, 4.69) is 45.4 Å². The zero-order valence-electron chi connectivity index (χ0n) is 27.2. The summed E-state index contributed by atoms with van der Waals surface area (Å²) in [6.07, 6.45) is 6.87. The highest BCUT2D eigenvalue weighted by atomic mass is 32.2. The molecular formula is C32H37F3N10O2S. The lowest BCUT2D eigenvalue weighted by Crippen LogP contribution is -2.26. The Morgan fingerprint density at radius 2 is 1.88 bits per heavy atom. The second-order valence-electron chi connectivity index (χ2n) is 10.9. The predicted octanol–water partition coefficient (Wildman–Crippen LogP) is 5.68. The Kier molecular flexibility index (Phi) is 12.6. The van der Waals surface area contributed by atoms with Crippen LogP contribution in [0.1, 0.15) is 66.9 Å². The summed E-state index contributed by atoms with van der Waals surface area (Å²) in [5.41, 5.74) is 2.17. The number of thioether (sulfide) groups is 1. The molecule has 5 rings (SSSR count). The summed E-state index contributed by atoms with van der Waals surface area (Å²) in [7, 11) is 1.52. The first kappa shape index (κ1) is 36.0. The van der Waals surface area contributed by atoms with E-state index in [0.717, 1.165) is 30.3 Å². The maximum Gasteiger partial charge on any atom is 0.434 e. The van der Waals surface area contributed by atoms with Gasteiger partial charge in [-0.25, -0.2) is 25.0 Å². The van der Waals surface area contributed by atoms with E-state index in [1.807, 2.05) is 12.5 Å². The number of aromatic nitrogens is 6.